The number of nitrogens with zero attached hydrogens (tertiary/aromatic N) is 2. The molecule has 0 spiro atoms. The minimum Gasteiger partial charge on any atom is -0.306 e. The van der Waals surface area contributed by atoms with E-state index in [1.165, 1.54) is 4.88 Å². The van der Waals surface area contributed by atoms with Crippen molar-refractivity contribution in [3.8, 4) is 0 Å². The first kappa shape index (κ1) is 14.9. The minimum atomic E-state index is 0.717. The summed E-state index contributed by atoms with van der Waals surface area (Å²) in [6.07, 6.45) is 0.860. The topological polar surface area (TPSA) is 29.9 Å². The van der Waals surface area contributed by atoms with E-state index in [0.717, 1.165) is 46.8 Å². The maximum atomic E-state index is 6.35. The Morgan fingerprint density at radius 3 is 2.63 bits per heavy atom. The summed E-state index contributed by atoms with van der Waals surface area (Å²) in [5.74, 6) is 0. The molecule has 0 fully saturated rings. The van der Waals surface area contributed by atoms with Gasteiger partial charge >= 0.3 is 0 Å². The summed E-state index contributed by atoms with van der Waals surface area (Å²) in [4.78, 5) is 1.22. The van der Waals surface area contributed by atoms with Crippen molar-refractivity contribution in [3.05, 3.63) is 37.8 Å². The van der Waals surface area contributed by atoms with E-state index in [-0.39, 0.29) is 0 Å². The lowest BCUT2D eigenvalue weighted by Crippen LogP contribution is -2.15. The van der Waals surface area contributed by atoms with Gasteiger partial charge in [-0.15, -0.1) is 11.3 Å². The van der Waals surface area contributed by atoms with Gasteiger partial charge in [-0.3, -0.25) is 4.68 Å². The fourth-order valence-corrected chi connectivity index (χ4v) is 3.33. The van der Waals surface area contributed by atoms with Crippen molar-refractivity contribution in [2.24, 2.45) is 0 Å². The summed E-state index contributed by atoms with van der Waals surface area (Å²) < 4.78 is 2.79. The Hall–Kier alpha value is -0.550. The van der Waals surface area contributed by atoms with Crippen molar-refractivity contribution in [3.63, 3.8) is 0 Å². The zero-order valence-corrected chi connectivity index (χ0v) is 13.4. The molecule has 2 rings (SSSR count). The molecule has 3 nitrogen and oxygen atoms in total. The van der Waals surface area contributed by atoms with E-state index in [2.05, 4.69) is 24.3 Å². The molecule has 0 aliphatic rings. The molecule has 0 unspecified atom stereocenters. The third-order valence-corrected chi connectivity index (χ3v) is 4.58. The van der Waals surface area contributed by atoms with Gasteiger partial charge in [0.1, 0.15) is 0 Å². The predicted molar refractivity (Wildman–Crippen MR) is 82.2 cm³/mol. The number of thiophene rings is 1. The lowest BCUT2D eigenvalue weighted by atomic mass is 10.3. The highest BCUT2D eigenvalue weighted by Crippen LogP contribution is 2.23. The molecule has 0 amide bonds. The standard InChI is InChI=1S/C13H17Cl2N3S/c1-3-10-13(15)11(18(4-2)17-10)8-16-7-9-5-6-12(14)19-9/h5-6,16H,3-4,7-8H2,1-2H3. The van der Waals surface area contributed by atoms with Gasteiger partial charge in [0.25, 0.3) is 0 Å². The van der Waals surface area contributed by atoms with Crippen LogP contribution in [0.3, 0.4) is 0 Å². The maximum Gasteiger partial charge on any atom is 0.0931 e. The van der Waals surface area contributed by atoms with Crippen LogP contribution in [-0.4, -0.2) is 9.78 Å². The van der Waals surface area contributed by atoms with E-state index >= 15 is 0 Å². The van der Waals surface area contributed by atoms with Crippen LogP contribution >= 0.6 is 34.5 Å². The molecule has 0 bridgehead atoms. The molecule has 0 aliphatic heterocycles. The number of aromatic nitrogens is 2. The summed E-state index contributed by atoms with van der Waals surface area (Å²) in [6, 6.07) is 3.96. The Morgan fingerprint density at radius 2 is 2.05 bits per heavy atom. The Kier molecular flexibility index (Phi) is 5.28. The first-order chi connectivity index (χ1) is 9.15. The van der Waals surface area contributed by atoms with Crippen LogP contribution in [0.25, 0.3) is 0 Å². The Morgan fingerprint density at radius 1 is 1.26 bits per heavy atom. The molecular formula is C13H17Cl2N3S. The van der Waals surface area contributed by atoms with E-state index in [9.17, 15) is 0 Å². The fraction of sp³-hybridized carbons (Fsp3) is 0.462. The summed E-state index contributed by atoms with van der Waals surface area (Å²) in [7, 11) is 0. The molecule has 2 heterocycles. The van der Waals surface area contributed by atoms with Crippen molar-refractivity contribution in [2.45, 2.75) is 39.9 Å². The van der Waals surface area contributed by atoms with Gasteiger partial charge in [-0.25, -0.2) is 0 Å². The van der Waals surface area contributed by atoms with Crippen LogP contribution in [0.2, 0.25) is 9.36 Å². The smallest absolute Gasteiger partial charge is 0.0931 e. The molecule has 6 heteroatoms. The van der Waals surface area contributed by atoms with Crippen molar-refractivity contribution in [2.75, 3.05) is 0 Å². The minimum absolute atomic E-state index is 0.717. The molecule has 0 atom stereocenters. The van der Waals surface area contributed by atoms with Crippen molar-refractivity contribution in [1.29, 1.82) is 0 Å². The molecule has 0 saturated heterocycles. The number of hydrogen-bond donors (Lipinski definition) is 1. The molecule has 19 heavy (non-hydrogen) atoms. The van der Waals surface area contributed by atoms with Crippen LogP contribution in [0.15, 0.2) is 12.1 Å². The molecular weight excluding hydrogens is 301 g/mol. The van der Waals surface area contributed by atoms with Gasteiger partial charge in [-0.1, -0.05) is 30.1 Å². The normalized spacial score (nSPS) is 11.2. The third kappa shape index (κ3) is 3.51. The van der Waals surface area contributed by atoms with Crippen LogP contribution in [0.5, 0.6) is 0 Å². The highest BCUT2D eigenvalue weighted by atomic mass is 35.5. The Bertz CT molecular complexity index is 548. The Balaban J connectivity index is 2.00. The highest BCUT2D eigenvalue weighted by molar-refractivity contribution is 7.16. The number of aryl methyl sites for hydroxylation is 2. The second-order valence-corrected chi connectivity index (χ2v) is 6.36. The van der Waals surface area contributed by atoms with E-state index < -0.39 is 0 Å². The second kappa shape index (κ2) is 6.75. The second-order valence-electron chi connectivity index (χ2n) is 4.19. The molecule has 0 aromatic carbocycles. The van der Waals surface area contributed by atoms with Gasteiger partial charge in [0.2, 0.25) is 0 Å². The van der Waals surface area contributed by atoms with E-state index in [0.29, 0.717) is 0 Å². The summed E-state index contributed by atoms with van der Waals surface area (Å²) in [6.45, 7) is 6.49. The molecule has 2 aromatic heterocycles. The molecule has 0 radical (unpaired) electrons. The molecule has 2 aromatic rings. The zero-order chi connectivity index (χ0) is 13.8. The summed E-state index contributed by atoms with van der Waals surface area (Å²) in [5.41, 5.74) is 2.03. The number of halogens is 2. The van der Waals surface area contributed by atoms with Crippen molar-refractivity contribution in [1.82, 2.24) is 15.1 Å². The summed E-state index contributed by atoms with van der Waals surface area (Å²) >= 11 is 13.9. The van der Waals surface area contributed by atoms with Gasteiger partial charge in [0.05, 0.1) is 20.7 Å². The van der Waals surface area contributed by atoms with Crippen molar-refractivity contribution >= 4 is 34.5 Å². The van der Waals surface area contributed by atoms with Gasteiger partial charge < -0.3 is 5.32 Å². The predicted octanol–water partition coefficient (Wildman–Crippen LogP) is 4.12. The van der Waals surface area contributed by atoms with Gasteiger partial charge in [0, 0.05) is 24.5 Å². The molecule has 0 saturated carbocycles. The van der Waals surface area contributed by atoms with Crippen molar-refractivity contribution < 1.29 is 0 Å². The van der Waals surface area contributed by atoms with Gasteiger partial charge in [-0.2, -0.15) is 5.10 Å². The first-order valence-corrected chi connectivity index (χ1v) is 7.91. The number of nitrogens with one attached hydrogen (secondary N) is 1. The summed E-state index contributed by atoms with van der Waals surface area (Å²) in [5, 5.41) is 8.69. The van der Waals surface area contributed by atoms with Crippen LogP contribution in [0.1, 0.15) is 30.1 Å². The van der Waals surface area contributed by atoms with Crippen LogP contribution in [-0.2, 0) is 26.1 Å². The first-order valence-electron chi connectivity index (χ1n) is 6.34. The van der Waals surface area contributed by atoms with Crippen LogP contribution in [0.4, 0.5) is 0 Å². The fourth-order valence-electron chi connectivity index (χ4n) is 1.94. The molecule has 0 aliphatic carbocycles. The number of hydrogen-bond acceptors (Lipinski definition) is 3. The SMILES string of the molecule is CCc1nn(CC)c(CNCc2ccc(Cl)s2)c1Cl. The van der Waals surface area contributed by atoms with Gasteiger partial charge in [-0.05, 0) is 25.5 Å². The molecule has 104 valence electrons. The van der Waals surface area contributed by atoms with E-state index in [4.69, 9.17) is 23.2 Å². The van der Waals surface area contributed by atoms with Crippen LogP contribution in [0, 0.1) is 0 Å². The third-order valence-electron chi connectivity index (χ3n) is 2.91. The average molecular weight is 318 g/mol. The highest BCUT2D eigenvalue weighted by Gasteiger charge is 2.13. The number of rotatable bonds is 6. The lowest BCUT2D eigenvalue weighted by Gasteiger charge is -2.06. The van der Waals surface area contributed by atoms with Gasteiger partial charge in [0.15, 0.2) is 0 Å². The lowest BCUT2D eigenvalue weighted by molar-refractivity contribution is 0.579. The van der Waals surface area contributed by atoms with E-state index in [1.54, 1.807) is 11.3 Å². The quantitative estimate of drug-likeness (QED) is 0.868. The molecule has 1 N–H and O–H groups in total. The monoisotopic (exact) mass is 317 g/mol. The zero-order valence-electron chi connectivity index (χ0n) is 11.0. The largest absolute Gasteiger partial charge is 0.306 e. The maximum absolute atomic E-state index is 6.35. The van der Waals surface area contributed by atoms with E-state index in [1.807, 2.05) is 16.8 Å². The Labute approximate surface area is 127 Å². The average Bonchev–Trinajstić information content (AvgIpc) is 2.94. The van der Waals surface area contributed by atoms with Crippen LogP contribution < -0.4 is 5.32 Å².